The third kappa shape index (κ3) is 2.40. The molecule has 2 nitrogen and oxygen atoms in total. The SMILES string of the molecule is CCC(NC)c1ccc(OC)cc1Cl. The van der Waals surface area contributed by atoms with Crippen LogP contribution in [0, 0.1) is 0 Å². The highest BCUT2D eigenvalue weighted by molar-refractivity contribution is 6.31. The highest BCUT2D eigenvalue weighted by Gasteiger charge is 2.10. The molecule has 1 atom stereocenters. The highest BCUT2D eigenvalue weighted by Crippen LogP contribution is 2.28. The maximum Gasteiger partial charge on any atom is 0.120 e. The van der Waals surface area contributed by atoms with E-state index in [9.17, 15) is 0 Å². The molecule has 0 saturated carbocycles. The lowest BCUT2D eigenvalue weighted by Crippen LogP contribution is -2.15. The fraction of sp³-hybridized carbons (Fsp3) is 0.455. The molecule has 0 heterocycles. The first kappa shape index (κ1) is 11.3. The summed E-state index contributed by atoms with van der Waals surface area (Å²) < 4.78 is 5.09. The van der Waals surface area contributed by atoms with Crippen molar-refractivity contribution in [2.45, 2.75) is 19.4 Å². The van der Waals surface area contributed by atoms with Crippen LogP contribution in [0.3, 0.4) is 0 Å². The third-order valence-electron chi connectivity index (χ3n) is 2.34. The molecule has 0 aliphatic heterocycles. The van der Waals surface area contributed by atoms with Crippen molar-refractivity contribution in [2.75, 3.05) is 14.2 Å². The minimum absolute atomic E-state index is 0.313. The molecule has 0 aliphatic carbocycles. The van der Waals surface area contributed by atoms with E-state index in [4.69, 9.17) is 16.3 Å². The molecule has 3 heteroatoms. The van der Waals surface area contributed by atoms with Crippen LogP contribution < -0.4 is 10.1 Å². The van der Waals surface area contributed by atoms with Gasteiger partial charge in [0.25, 0.3) is 0 Å². The summed E-state index contributed by atoms with van der Waals surface area (Å²) >= 11 is 6.14. The molecule has 1 aromatic carbocycles. The first-order valence-electron chi connectivity index (χ1n) is 4.73. The molecule has 0 bridgehead atoms. The zero-order chi connectivity index (χ0) is 10.6. The van der Waals surface area contributed by atoms with Crippen LogP contribution in [-0.2, 0) is 0 Å². The fourth-order valence-electron chi connectivity index (χ4n) is 1.50. The van der Waals surface area contributed by atoms with Crippen LogP contribution in [0.25, 0.3) is 0 Å². The molecule has 0 radical (unpaired) electrons. The van der Waals surface area contributed by atoms with Crippen molar-refractivity contribution < 1.29 is 4.74 Å². The van der Waals surface area contributed by atoms with Gasteiger partial charge < -0.3 is 10.1 Å². The van der Waals surface area contributed by atoms with E-state index in [1.807, 2.05) is 25.2 Å². The lowest BCUT2D eigenvalue weighted by Gasteiger charge is -2.16. The zero-order valence-corrected chi connectivity index (χ0v) is 9.56. The number of benzene rings is 1. The van der Waals surface area contributed by atoms with E-state index in [2.05, 4.69) is 12.2 Å². The van der Waals surface area contributed by atoms with Gasteiger partial charge in [-0.15, -0.1) is 0 Å². The molecule has 1 unspecified atom stereocenters. The Bertz CT molecular complexity index is 297. The molecule has 0 aliphatic rings. The summed E-state index contributed by atoms with van der Waals surface area (Å²) in [6, 6.07) is 6.10. The lowest BCUT2D eigenvalue weighted by molar-refractivity contribution is 0.414. The second kappa shape index (κ2) is 5.23. The number of methoxy groups -OCH3 is 1. The van der Waals surface area contributed by atoms with Crippen molar-refractivity contribution in [1.29, 1.82) is 0 Å². The summed E-state index contributed by atoms with van der Waals surface area (Å²) in [7, 11) is 3.58. The smallest absolute Gasteiger partial charge is 0.120 e. The van der Waals surface area contributed by atoms with Crippen LogP contribution in [0.2, 0.25) is 5.02 Å². The number of hydrogen-bond donors (Lipinski definition) is 1. The van der Waals surface area contributed by atoms with E-state index in [0.717, 1.165) is 22.8 Å². The van der Waals surface area contributed by atoms with Crippen LogP contribution in [-0.4, -0.2) is 14.2 Å². The Morgan fingerprint density at radius 2 is 2.21 bits per heavy atom. The number of rotatable bonds is 4. The number of ether oxygens (including phenoxy) is 1. The van der Waals surface area contributed by atoms with E-state index in [0.29, 0.717) is 6.04 Å². The Labute approximate surface area is 90.2 Å². The predicted molar refractivity (Wildman–Crippen MR) is 60.1 cm³/mol. The van der Waals surface area contributed by atoms with E-state index in [1.165, 1.54) is 0 Å². The van der Waals surface area contributed by atoms with Gasteiger partial charge in [-0.1, -0.05) is 24.6 Å². The number of halogens is 1. The largest absolute Gasteiger partial charge is 0.497 e. The van der Waals surface area contributed by atoms with Crippen molar-refractivity contribution in [3.05, 3.63) is 28.8 Å². The van der Waals surface area contributed by atoms with E-state index >= 15 is 0 Å². The maximum absolute atomic E-state index is 6.14. The van der Waals surface area contributed by atoms with Crippen molar-refractivity contribution >= 4 is 11.6 Å². The predicted octanol–water partition coefficient (Wildman–Crippen LogP) is 3.02. The van der Waals surface area contributed by atoms with Gasteiger partial charge in [-0.3, -0.25) is 0 Å². The molecule has 0 amide bonds. The molecule has 0 spiro atoms. The monoisotopic (exact) mass is 213 g/mol. The summed E-state index contributed by atoms with van der Waals surface area (Å²) in [5.41, 5.74) is 1.12. The molecule has 1 aromatic rings. The topological polar surface area (TPSA) is 21.3 Å². The van der Waals surface area contributed by atoms with E-state index in [1.54, 1.807) is 7.11 Å². The quantitative estimate of drug-likeness (QED) is 0.830. The van der Waals surface area contributed by atoms with Crippen LogP contribution in [0.15, 0.2) is 18.2 Å². The summed E-state index contributed by atoms with van der Waals surface area (Å²) in [6.45, 7) is 2.13. The summed E-state index contributed by atoms with van der Waals surface area (Å²) in [6.07, 6.45) is 1.02. The molecule has 1 rings (SSSR count). The average Bonchev–Trinajstić information content (AvgIpc) is 2.22. The Hall–Kier alpha value is -0.730. The van der Waals surface area contributed by atoms with Crippen molar-refractivity contribution in [2.24, 2.45) is 0 Å². The first-order valence-corrected chi connectivity index (χ1v) is 5.11. The van der Waals surface area contributed by atoms with Crippen molar-refractivity contribution in [1.82, 2.24) is 5.32 Å². The Morgan fingerprint density at radius 1 is 1.50 bits per heavy atom. The molecule has 14 heavy (non-hydrogen) atoms. The highest BCUT2D eigenvalue weighted by atomic mass is 35.5. The second-order valence-corrected chi connectivity index (χ2v) is 3.54. The van der Waals surface area contributed by atoms with Crippen LogP contribution in [0.4, 0.5) is 0 Å². The minimum Gasteiger partial charge on any atom is -0.497 e. The van der Waals surface area contributed by atoms with Gasteiger partial charge in [0.15, 0.2) is 0 Å². The van der Waals surface area contributed by atoms with Gasteiger partial charge in [0.2, 0.25) is 0 Å². The molecule has 0 fully saturated rings. The normalized spacial score (nSPS) is 12.6. The van der Waals surface area contributed by atoms with Gasteiger partial charge in [-0.05, 0) is 31.2 Å². The molecule has 78 valence electrons. The van der Waals surface area contributed by atoms with Gasteiger partial charge in [0.05, 0.1) is 7.11 Å². The summed E-state index contributed by atoms with van der Waals surface area (Å²) in [5.74, 6) is 0.796. The molecular formula is C11H16ClNO. The third-order valence-corrected chi connectivity index (χ3v) is 2.67. The summed E-state index contributed by atoms with van der Waals surface area (Å²) in [4.78, 5) is 0. The van der Waals surface area contributed by atoms with Crippen molar-refractivity contribution in [3.63, 3.8) is 0 Å². The Kier molecular flexibility index (Phi) is 4.23. The zero-order valence-electron chi connectivity index (χ0n) is 8.80. The first-order chi connectivity index (χ1) is 6.72. The standard InChI is InChI=1S/C11H16ClNO/c1-4-11(13-2)9-6-5-8(14-3)7-10(9)12/h5-7,11,13H,4H2,1-3H3. The molecule has 0 aromatic heterocycles. The van der Waals surface area contributed by atoms with E-state index in [-0.39, 0.29) is 0 Å². The van der Waals surface area contributed by atoms with Crippen molar-refractivity contribution in [3.8, 4) is 5.75 Å². The molecule has 1 N–H and O–H groups in total. The molecule has 0 saturated heterocycles. The lowest BCUT2D eigenvalue weighted by atomic mass is 10.0. The Balaban J connectivity index is 2.98. The van der Waals surface area contributed by atoms with Gasteiger partial charge in [-0.2, -0.15) is 0 Å². The van der Waals surface area contributed by atoms with Gasteiger partial charge in [0, 0.05) is 11.1 Å². The number of hydrogen-bond acceptors (Lipinski definition) is 2. The van der Waals surface area contributed by atoms with Crippen LogP contribution in [0.1, 0.15) is 24.9 Å². The van der Waals surface area contributed by atoms with Gasteiger partial charge >= 0.3 is 0 Å². The minimum atomic E-state index is 0.313. The van der Waals surface area contributed by atoms with Gasteiger partial charge in [-0.25, -0.2) is 0 Å². The molecular weight excluding hydrogens is 198 g/mol. The van der Waals surface area contributed by atoms with E-state index < -0.39 is 0 Å². The van der Waals surface area contributed by atoms with Crippen LogP contribution >= 0.6 is 11.6 Å². The Morgan fingerprint density at radius 3 is 2.64 bits per heavy atom. The van der Waals surface area contributed by atoms with Gasteiger partial charge in [0.1, 0.15) is 5.75 Å². The summed E-state index contributed by atoms with van der Waals surface area (Å²) in [5, 5.41) is 3.98. The fourth-order valence-corrected chi connectivity index (χ4v) is 1.80. The maximum atomic E-state index is 6.14. The average molecular weight is 214 g/mol. The van der Waals surface area contributed by atoms with Crippen LogP contribution in [0.5, 0.6) is 5.75 Å². The second-order valence-electron chi connectivity index (χ2n) is 3.14. The number of nitrogens with one attached hydrogen (secondary N) is 1.